The predicted molar refractivity (Wildman–Crippen MR) is 91.8 cm³/mol. The van der Waals surface area contributed by atoms with Gasteiger partial charge in [0.15, 0.2) is 12.2 Å². The van der Waals surface area contributed by atoms with Gasteiger partial charge in [-0.3, -0.25) is 0 Å². The molecule has 140 valence electrons. The van der Waals surface area contributed by atoms with Gasteiger partial charge in [-0.15, -0.1) is 0 Å². The minimum Gasteiger partial charge on any atom is -0.458 e. The minimum absolute atomic E-state index is 0.202. The first-order valence-corrected chi connectivity index (χ1v) is 8.28. The van der Waals surface area contributed by atoms with Crippen LogP contribution in [0.3, 0.4) is 0 Å². The van der Waals surface area contributed by atoms with E-state index in [2.05, 4.69) is 0 Å². The summed E-state index contributed by atoms with van der Waals surface area (Å²) in [5.74, 6) is -2.64. The molecule has 3 atom stereocenters. The number of ether oxygens (including phenoxy) is 3. The van der Waals surface area contributed by atoms with Crippen LogP contribution >= 0.6 is 0 Å². The van der Waals surface area contributed by atoms with Crippen molar-refractivity contribution in [2.45, 2.75) is 24.8 Å². The van der Waals surface area contributed by atoms with Gasteiger partial charge in [0.1, 0.15) is 6.61 Å². The molecular formula is C20H17FO6. The topological polar surface area (TPSA) is 78.9 Å². The summed E-state index contributed by atoms with van der Waals surface area (Å²) in [5, 5.41) is 0. The molecule has 1 heterocycles. The zero-order valence-electron chi connectivity index (χ0n) is 14.5. The number of alkyl halides is 1. The van der Waals surface area contributed by atoms with E-state index in [4.69, 9.17) is 14.2 Å². The van der Waals surface area contributed by atoms with Crippen molar-refractivity contribution < 1.29 is 33.0 Å². The summed E-state index contributed by atoms with van der Waals surface area (Å²) in [5.41, 5.74) is -2.05. The normalized spacial score (nSPS) is 24.1. The Balaban J connectivity index is 1.70. The highest BCUT2D eigenvalue weighted by atomic mass is 19.1. The van der Waals surface area contributed by atoms with Gasteiger partial charge in [-0.2, -0.15) is 0 Å². The number of hydrogen-bond donors (Lipinski definition) is 0. The van der Waals surface area contributed by atoms with Crippen molar-refractivity contribution in [1.29, 1.82) is 0 Å². The molecule has 2 aromatic carbocycles. The van der Waals surface area contributed by atoms with Crippen molar-refractivity contribution in [3.05, 3.63) is 71.8 Å². The number of benzene rings is 2. The Hall–Kier alpha value is -3.22. The van der Waals surface area contributed by atoms with Crippen molar-refractivity contribution in [3.63, 3.8) is 0 Å². The molecule has 0 unspecified atom stereocenters. The number of rotatable bonds is 5. The number of esters is 3. The van der Waals surface area contributed by atoms with Crippen molar-refractivity contribution in [2.24, 2.45) is 0 Å². The van der Waals surface area contributed by atoms with Crippen LogP contribution < -0.4 is 0 Å². The fourth-order valence-corrected chi connectivity index (χ4v) is 2.66. The Morgan fingerprint density at radius 3 is 2.07 bits per heavy atom. The molecular weight excluding hydrogens is 355 g/mol. The Kier molecular flexibility index (Phi) is 5.21. The lowest BCUT2D eigenvalue weighted by atomic mass is 10.00. The van der Waals surface area contributed by atoms with E-state index in [1.54, 1.807) is 48.5 Å². The Morgan fingerprint density at radius 2 is 1.52 bits per heavy atom. The maximum atomic E-state index is 14.8. The van der Waals surface area contributed by atoms with E-state index < -0.39 is 42.4 Å². The van der Waals surface area contributed by atoms with Crippen LogP contribution in [0.4, 0.5) is 4.39 Å². The van der Waals surface area contributed by atoms with Crippen molar-refractivity contribution in [2.75, 3.05) is 6.61 Å². The fourth-order valence-electron chi connectivity index (χ4n) is 2.66. The number of halogens is 1. The van der Waals surface area contributed by atoms with E-state index in [-0.39, 0.29) is 5.56 Å². The van der Waals surface area contributed by atoms with Crippen LogP contribution in [0.25, 0.3) is 0 Å². The summed E-state index contributed by atoms with van der Waals surface area (Å²) in [6, 6.07) is 16.1. The molecule has 1 aliphatic rings. The van der Waals surface area contributed by atoms with Crippen LogP contribution in [-0.4, -0.2) is 42.4 Å². The first kappa shape index (κ1) is 18.6. The van der Waals surface area contributed by atoms with Gasteiger partial charge in [0.2, 0.25) is 5.67 Å². The van der Waals surface area contributed by atoms with Gasteiger partial charge >= 0.3 is 17.9 Å². The molecule has 0 aliphatic carbocycles. The highest BCUT2D eigenvalue weighted by Gasteiger charge is 2.58. The number of carbonyl (C=O) groups is 3. The molecule has 0 aromatic heterocycles. The van der Waals surface area contributed by atoms with Crippen LogP contribution in [0, 0.1) is 0 Å². The summed E-state index contributed by atoms with van der Waals surface area (Å²) >= 11 is 0. The molecule has 0 spiro atoms. The van der Waals surface area contributed by atoms with Crippen LogP contribution in [0.1, 0.15) is 27.6 Å². The van der Waals surface area contributed by atoms with E-state index in [0.29, 0.717) is 5.56 Å². The summed E-state index contributed by atoms with van der Waals surface area (Å²) in [6.45, 7) is 0.531. The van der Waals surface area contributed by atoms with E-state index in [1.165, 1.54) is 12.1 Å². The van der Waals surface area contributed by atoms with Gasteiger partial charge in [-0.05, 0) is 31.2 Å². The second-order valence-corrected chi connectivity index (χ2v) is 6.18. The third kappa shape index (κ3) is 3.97. The number of hydrogen-bond acceptors (Lipinski definition) is 6. The first-order valence-electron chi connectivity index (χ1n) is 8.28. The van der Waals surface area contributed by atoms with Crippen LogP contribution in [-0.2, 0) is 19.0 Å². The molecule has 1 saturated heterocycles. The quantitative estimate of drug-likeness (QED) is 0.593. The lowest BCUT2D eigenvalue weighted by Crippen LogP contribution is -2.44. The molecule has 0 saturated carbocycles. The molecule has 0 radical (unpaired) electrons. The summed E-state index contributed by atoms with van der Waals surface area (Å²) < 4.78 is 30.0. The summed E-state index contributed by atoms with van der Waals surface area (Å²) in [7, 11) is 0. The largest absolute Gasteiger partial charge is 0.458 e. The molecule has 1 fully saturated rings. The Labute approximate surface area is 154 Å². The number of carbonyl (C=O) groups excluding carboxylic acids is 3. The van der Waals surface area contributed by atoms with Gasteiger partial charge in [-0.1, -0.05) is 36.4 Å². The van der Waals surface area contributed by atoms with Gasteiger partial charge in [0.25, 0.3) is 0 Å². The maximum absolute atomic E-state index is 14.8. The van der Waals surface area contributed by atoms with E-state index >= 15 is 0 Å². The van der Waals surface area contributed by atoms with E-state index in [0.717, 1.165) is 6.92 Å². The van der Waals surface area contributed by atoms with Crippen molar-refractivity contribution in [3.8, 4) is 0 Å². The van der Waals surface area contributed by atoms with Crippen LogP contribution in [0.15, 0.2) is 60.7 Å². The predicted octanol–water partition coefficient (Wildman–Crippen LogP) is 2.72. The molecule has 27 heavy (non-hydrogen) atoms. The molecule has 3 rings (SSSR count). The fraction of sp³-hybridized carbons (Fsp3) is 0.250. The summed E-state index contributed by atoms with van der Waals surface area (Å²) in [4.78, 5) is 36.1. The van der Waals surface area contributed by atoms with Crippen LogP contribution in [0.2, 0.25) is 0 Å². The van der Waals surface area contributed by atoms with Crippen molar-refractivity contribution >= 4 is 17.9 Å². The molecule has 1 aliphatic heterocycles. The lowest BCUT2D eigenvalue weighted by molar-refractivity contribution is -0.150. The zero-order chi connectivity index (χ0) is 19.4. The van der Waals surface area contributed by atoms with Gasteiger partial charge in [0.05, 0.1) is 11.1 Å². The first-order chi connectivity index (χ1) is 12.9. The molecule has 0 bridgehead atoms. The minimum atomic E-state index is -2.55. The Morgan fingerprint density at radius 1 is 1.00 bits per heavy atom. The highest BCUT2D eigenvalue weighted by Crippen LogP contribution is 2.33. The third-order valence-electron chi connectivity index (χ3n) is 4.16. The van der Waals surface area contributed by atoms with Gasteiger partial charge in [0, 0.05) is 0 Å². The van der Waals surface area contributed by atoms with Crippen LogP contribution in [0.5, 0.6) is 0 Å². The summed E-state index contributed by atoms with van der Waals surface area (Å²) in [6.07, 6.45) is -2.78. The Bertz CT molecular complexity index is 834. The molecule has 6 nitrogen and oxygen atoms in total. The average molecular weight is 372 g/mol. The standard InChI is InChI=1S/C20H17FO6/c1-20(21)16(27-18(23)14-10-6-3-7-11-14)15(26-19(20)24)12-25-17(22)13-8-4-2-5-9-13/h2-11,15-16H,12H2,1H3/t15-,16+,20+/m1/s1. The molecule has 7 heteroatoms. The van der Waals surface area contributed by atoms with E-state index in [1.807, 2.05) is 0 Å². The monoisotopic (exact) mass is 372 g/mol. The number of cyclic esters (lactones) is 1. The van der Waals surface area contributed by atoms with Crippen molar-refractivity contribution in [1.82, 2.24) is 0 Å². The second-order valence-electron chi connectivity index (χ2n) is 6.18. The molecule has 0 N–H and O–H groups in total. The lowest BCUT2D eigenvalue weighted by Gasteiger charge is -2.22. The highest BCUT2D eigenvalue weighted by molar-refractivity contribution is 5.91. The second kappa shape index (κ2) is 7.57. The van der Waals surface area contributed by atoms with Gasteiger partial charge < -0.3 is 14.2 Å². The molecule has 0 amide bonds. The molecule has 2 aromatic rings. The SMILES string of the molecule is C[C@@]1(F)C(=O)O[C@H](COC(=O)c2ccccc2)[C@@H]1OC(=O)c1ccccc1. The smallest absolute Gasteiger partial charge is 0.348 e. The zero-order valence-corrected chi connectivity index (χ0v) is 14.5. The maximum Gasteiger partial charge on any atom is 0.348 e. The third-order valence-corrected chi connectivity index (χ3v) is 4.16. The van der Waals surface area contributed by atoms with E-state index in [9.17, 15) is 18.8 Å². The average Bonchev–Trinajstić information content (AvgIpc) is 2.90. The van der Waals surface area contributed by atoms with Gasteiger partial charge in [-0.25, -0.2) is 18.8 Å².